The second-order valence-corrected chi connectivity index (χ2v) is 4.88. The number of imide groups is 1. The zero-order valence-electron chi connectivity index (χ0n) is 10.7. The van der Waals surface area contributed by atoms with E-state index in [1.165, 1.54) is 0 Å². The molecule has 0 aromatic heterocycles. The van der Waals surface area contributed by atoms with E-state index in [0.29, 0.717) is 5.06 Å². The smallest absolute Gasteiger partial charge is 0.330 e. The van der Waals surface area contributed by atoms with E-state index in [1.54, 1.807) is 24.3 Å². The van der Waals surface area contributed by atoms with Crippen LogP contribution < -0.4 is 0 Å². The van der Waals surface area contributed by atoms with Crippen molar-refractivity contribution >= 4 is 17.8 Å². The van der Waals surface area contributed by atoms with E-state index in [1.807, 2.05) is 12.2 Å². The van der Waals surface area contributed by atoms with Crippen LogP contribution in [0.4, 0.5) is 0 Å². The van der Waals surface area contributed by atoms with Crippen molar-refractivity contribution in [3.05, 3.63) is 47.5 Å². The van der Waals surface area contributed by atoms with Crippen molar-refractivity contribution in [1.29, 1.82) is 0 Å². The van der Waals surface area contributed by atoms with Crippen LogP contribution in [0.3, 0.4) is 0 Å². The van der Waals surface area contributed by atoms with E-state index in [9.17, 15) is 14.4 Å². The Hall–Kier alpha value is -2.43. The van der Waals surface area contributed by atoms with Gasteiger partial charge in [0.05, 0.1) is 17.5 Å². The number of fused-ring (bicyclic) bond motifs is 1. The number of benzene rings is 1. The normalized spacial score (nSPS) is 20.4. The van der Waals surface area contributed by atoms with Gasteiger partial charge in [0.25, 0.3) is 11.8 Å². The lowest BCUT2D eigenvalue weighted by atomic mass is 10.1. The highest BCUT2D eigenvalue weighted by Gasteiger charge is 2.38. The Morgan fingerprint density at radius 1 is 1.20 bits per heavy atom. The van der Waals surface area contributed by atoms with E-state index >= 15 is 0 Å². The number of nitrogens with zero attached hydrogens (tertiary/aromatic N) is 1. The molecule has 2 amide bonds. The summed E-state index contributed by atoms with van der Waals surface area (Å²) in [6.07, 6.45) is 6.01. The van der Waals surface area contributed by atoms with E-state index in [0.717, 1.165) is 12.8 Å². The van der Waals surface area contributed by atoms with Crippen LogP contribution in [-0.2, 0) is 9.63 Å². The van der Waals surface area contributed by atoms with Gasteiger partial charge in [-0.25, -0.2) is 4.79 Å². The maximum Gasteiger partial charge on any atom is 0.333 e. The Labute approximate surface area is 115 Å². The summed E-state index contributed by atoms with van der Waals surface area (Å²) < 4.78 is 0. The molecular formula is C15H13NO4. The molecule has 5 heteroatoms. The lowest BCUT2D eigenvalue weighted by Crippen LogP contribution is -2.33. The largest absolute Gasteiger partial charge is 0.333 e. The van der Waals surface area contributed by atoms with E-state index in [2.05, 4.69) is 0 Å². The molecule has 2 aliphatic rings. The SMILES string of the molecule is O=C(CC1C=CCC1)ON1C(=O)c2ccccc2C1=O. The molecule has 0 radical (unpaired) electrons. The molecule has 5 nitrogen and oxygen atoms in total. The van der Waals surface area contributed by atoms with Crippen LogP contribution in [0.1, 0.15) is 40.0 Å². The van der Waals surface area contributed by atoms with Gasteiger partial charge in [0, 0.05) is 0 Å². The molecule has 0 fully saturated rings. The van der Waals surface area contributed by atoms with E-state index < -0.39 is 17.8 Å². The summed E-state index contributed by atoms with van der Waals surface area (Å²) in [4.78, 5) is 40.7. The third kappa shape index (κ3) is 2.11. The fourth-order valence-corrected chi connectivity index (χ4v) is 2.47. The molecule has 3 rings (SSSR count). The molecule has 0 N–H and O–H groups in total. The molecule has 102 valence electrons. The van der Waals surface area contributed by atoms with Gasteiger partial charge < -0.3 is 4.84 Å². The minimum Gasteiger partial charge on any atom is -0.330 e. The van der Waals surface area contributed by atoms with Crippen LogP contribution in [0.5, 0.6) is 0 Å². The predicted molar refractivity (Wildman–Crippen MR) is 69.5 cm³/mol. The molecule has 0 saturated heterocycles. The van der Waals surface area contributed by atoms with E-state index in [4.69, 9.17) is 4.84 Å². The summed E-state index contributed by atoms with van der Waals surface area (Å²) in [5, 5.41) is 0.561. The molecule has 1 aliphatic carbocycles. The summed E-state index contributed by atoms with van der Waals surface area (Å²) >= 11 is 0. The Morgan fingerprint density at radius 3 is 2.40 bits per heavy atom. The van der Waals surface area contributed by atoms with Gasteiger partial charge in [-0.1, -0.05) is 29.3 Å². The highest BCUT2D eigenvalue weighted by molar-refractivity contribution is 6.20. The minimum absolute atomic E-state index is 0.137. The first kappa shape index (κ1) is 12.6. The molecule has 20 heavy (non-hydrogen) atoms. The van der Waals surface area contributed by atoms with Crippen LogP contribution >= 0.6 is 0 Å². The lowest BCUT2D eigenvalue weighted by molar-refractivity contribution is -0.169. The Kier molecular flexibility index (Phi) is 3.10. The third-order valence-electron chi connectivity index (χ3n) is 3.49. The lowest BCUT2D eigenvalue weighted by Gasteiger charge is -2.14. The number of hydroxylamine groups is 2. The second-order valence-electron chi connectivity index (χ2n) is 4.88. The van der Waals surface area contributed by atoms with Crippen LogP contribution in [-0.4, -0.2) is 22.8 Å². The number of amides is 2. The summed E-state index contributed by atoms with van der Waals surface area (Å²) in [5.74, 6) is -1.59. The quantitative estimate of drug-likeness (QED) is 0.624. The number of carbonyl (C=O) groups excluding carboxylic acids is 3. The number of hydrogen-bond acceptors (Lipinski definition) is 4. The fraction of sp³-hybridized carbons (Fsp3) is 0.267. The molecule has 1 aliphatic heterocycles. The highest BCUT2D eigenvalue weighted by Crippen LogP contribution is 2.25. The Morgan fingerprint density at radius 2 is 1.85 bits per heavy atom. The van der Waals surface area contributed by atoms with Crippen molar-refractivity contribution in [2.24, 2.45) is 5.92 Å². The van der Waals surface area contributed by atoms with Gasteiger partial charge in [0.2, 0.25) is 0 Å². The molecule has 1 aromatic carbocycles. The monoisotopic (exact) mass is 271 g/mol. The van der Waals surface area contributed by atoms with Crippen molar-refractivity contribution in [2.75, 3.05) is 0 Å². The van der Waals surface area contributed by atoms with Crippen molar-refractivity contribution in [1.82, 2.24) is 5.06 Å². The van der Waals surface area contributed by atoms with E-state index in [-0.39, 0.29) is 23.5 Å². The zero-order valence-corrected chi connectivity index (χ0v) is 10.7. The average Bonchev–Trinajstić information content (AvgIpc) is 3.03. The second kappa shape index (κ2) is 4.92. The van der Waals surface area contributed by atoms with Gasteiger partial charge in [-0.2, -0.15) is 0 Å². The van der Waals surface area contributed by atoms with Gasteiger partial charge >= 0.3 is 5.97 Å². The number of allylic oxidation sites excluding steroid dienone is 2. The van der Waals surface area contributed by atoms with Crippen LogP contribution in [0, 0.1) is 5.92 Å². The molecule has 0 spiro atoms. The molecule has 1 atom stereocenters. The van der Waals surface area contributed by atoms with Crippen molar-refractivity contribution in [3.8, 4) is 0 Å². The van der Waals surface area contributed by atoms with Crippen LogP contribution in [0.25, 0.3) is 0 Å². The highest BCUT2D eigenvalue weighted by atomic mass is 16.7. The first-order valence-corrected chi connectivity index (χ1v) is 6.52. The molecule has 1 aromatic rings. The van der Waals surface area contributed by atoms with Crippen molar-refractivity contribution in [3.63, 3.8) is 0 Å². The summed E-state index contributed by atoms with van der Waals surface area (Å²) in [6, 6.07) is 6.42. The first-order chi connectivity index (χ1) is 9.66. The fourth-order valence-electron chi connectivity index (χ4n) is 2.47. The Balaban J connectivity index is 1.70. The standard InChI is InChI=1S/C15H13NO4/c17-13(9-10-5-1-2-6-10)20-16-14(18)11-7-3-4-8-12(11)15(16)19/h1,3-5,7-8,10H,2,6,9H2. The predicted octanol–water partition coefficient (Wildman–Crippen LogP) is 2.10. The molecule has 1 unspecified atom stereocenters. The molecule has 0 saturated carbocycles. The summed E-state index contributed by atoms with van der Waals surface area (Å²) in [7, 11) is 0. The molecule has 1 heterocycles. The number of hydrogen-bond donors (Lipinski definition) is 0. The summed E-state index contributed by atoms with van der Waals surface area (Å²) in [6.45, 7) is 0. The van der Waals surface area contributed by atoms with Gasteiger partial charge in [-0.15, -0.1) is 0 Å². The topological polar surface area (TPSA) is 63.7 Å². The van der Waals surface area contributed by atoms with Crippen molar-refractivity contribution < 1.29 is 19.2 Å². The summed E-state index contributed by atoms with van der Waals surface area (Å²) in [5.41, 5.74) is 0.539. The van der Waals surface area contributed by atoms with Crippen LogP contribution in [0.2, 0.25) is 0 Å². The maximum absolute atomic E-state index is 12.0. The van der Waals surface area contributed by atoms with Gasteiger partial charge in [-0.3, -0.25) is 9.59 Å². The van der Waals surface area contributed by atoms with Crippen molar-refractivity contribution in [2.45, 2.75) is 19.3 Å². The minimum atomic E-state index is -0.582. The zero-order chi connectivity index (χ0) is 14.1. The third-order valence-corrected chi connectivity index (χ3v) is 3.49. The average molecular weight is 271 g/mol. The molecule has 0 bridgehead atoms. The number of rotatable bonds is 3. The van der Waals surface area contributed by atoms with Gasteiger partial charge in [0.1, 0.15) is 0 Å². The molecular weight excluding hydrogens is 258 g/mol. The Bertz CT molecular complexity index is 585. The van der Waals surface area contributed by atoms with Gasteiger partial charge in [-0.05, 0) is 30.9 Å². The maximum atomic E-state index is 12.0. The van der Waals surface area contributed by atoms with Crippen LogP contribution in [0.15, 0.2) is 36.4 Å². The van der Waals surface area contributed by atoms with Gasteiger partial charge in [0.15, 0.2) is 0 Å². The number of carbonyl (C=O) groups is 3. The first-order valence-electron chi connectivity index (χ1n) is 6.52.